The van der Waals surface area contributed by atoms with Crippen LogP contribution in [0, 0.1) is 0 Å². The van der Waals surface area contributed by atoms with E-state index in [-0.39, 0.29) is 17.8 Å². The second-order valence-electron chi connectivity index (χ2n) is 6.64. The van der Waals surface area contributed by atoms with Crippen LogP contribution in [0.4, 0.5) is 29.0 Å². The van der Waals surface area contributed by atoms with E-state index in [1.54, 1.807) is 18.2 Å². The van der Waals surface area contributed by atoms with E-state index in [4.69, 9.17) is 5.73 Å². The van der Waals surface area contributed by atoms with Gasteiger partial charge in [0.25, 0.3) is 0 Å². The molecular weight excluding hydrogens is 358 g/mol. The van der Waals surface area contributed by atoms with E-state index in [1.165, 1.54) is 6.92 Å². The fraction of sp³-hybridized carbons (Fsp3) is 0.368. The number of hydrogen-bond acceptors (Lipinski definition) is 7. The first-order valence-electron chi connectivity index (χ1n) is 9.30. The molecule has 0 saturated carbocycles. The lowest BCUT2D eigenvalue weighted by Crippen LogP contribution is -2.27. The second kappa shape index (κ2) is 9.03. The summed E-state index contributed by atoms with van der Waals surface area (Å²) in [6, 6.07) is 9.05. The van der Waals surface area contributed by atoms with Gasteiger partial charge in [-0.2, -0.15) is 9.97 Å². The number of nitrogens with zero attached hydrogens (tertiary/aromatic N) is 3. The van der Waals surface area contributed by atoms with E-state index in [0.717, 1.165) is 37.3 Å². The molecule has 1 aliphatic heterocycles. The van der Waals surface area contributed by atoms with Gasteiger partial charge in [0.15, 0.2) is 0 Å². The summed E-state index contributed by atoms with van der Waals surface area (Å²) in [5.41, 5.74) is 7.34. The minimum Gasteiger partial charge on any atom is -0.370 e. The fourth-order valence-electron chi connectivity index (χ4n) is 3.04. The van der Waals surface area contributed by atoms with Gasteiger partial charge in [0.1, 0.15) is 11.6 Å². The van der Waals surface area contributed by atoms with Crippen molar-refractivity contribution in [1.29, 1.82) is 0 Å². The van der Waals surface area contributed by atoms with E-state index >= 15 is 0 Å². The Morgan fingerprint density at radius 1 is 1.18 bits per heavy atom. The third kappa shape index (κ3) is 5.57. The highest BCUT2D eigenvalue weighted by atomic mass is 16.2. The van der Waals surface area contributed by atoms with Crippen LogP contribution in [0.3, 0.4) is 0 Å². The van der Waals surface area contributed by atoms with Crippen LogP contribution in [-0.2, 0) is 9.59 Å². The van der Waals surface area contributed by atoms with Gasteiger partial charge < -0.3 is 26.6 Å². The summed E-state index contributed by atoms with van der Waals surface area (Å²) in [6.45, 7) is 3.75. The van der Waals surface area contributed by atoms with Crippen molar-refractivity contribution >= 4 is 40.8 Å². The number of nitrogens with one attached hydrogen (secondary N) is 3. The molecule has 9 nitrogen and oxygen atoms in total. The van der Waals surface area contributed by atoms with Gasteiger partial charge in [-0.3, -0.25) is 9.59 Å². The molecule has 1 fully saturated rings. The topological polar surface area (TPSA) is 125 Å². The molecule has 0 bridgehead atoms. The van der Waals surface area contributed by atoms with E-state index in [9.17, 15) is 9.59 Å². The average Bonchev–Trinajstić information content (AvgIpc) is 3.04. The molecule has 9 heteroatoms. The van der Waals surface area contributed by atoms with E-state index < -0.39 is 0 Å². The van der Waals surface area contributed by atoms with Crippen LogP contribution in [0.25, 0.3) is 0 Å². The molecule has 0 unspecified atom stereocenters. The maximum absolute atomic E-state index is 11.6. The number of benzene rings is 1. The first-order valence-corrected chi connectivity index (χ1v) is 9.30. The zero-order valence-electron chi connectivity index (χ0n) is 15.9. The molecule has 0 radical (unpaired) electrons. The number of likely N-dealkylation sites (tertiary alicyclic amines) is 1. The van der Waals surface area contributed by atoms with Crippen molar-refractivity contribution in [3.63, 3.8) is 0 Å². The molecule has 2 aromatic rings. The van der Waals surface area contributed by atoms with E-state index in [1.807, 2.05) is 17.0 Å². The Morgan fingerprint density at radius 3 is 2.57 bits per heavy atom. The fourth-order valence-corrected chi connectivity index (χ4v) is 3.04. The second-order valence-corrected chi connectivity index (χ2v) is 6.64. The van der Waals surface area contributed by atoms with Gasteiger partial charge in [-0.15, -0.1) is 0 Å². The molecule has 1 aliphatic rings. The van der Waals surface area contributed by atoms with Crippen molar-refractivity contribution in [2.24, 2.45) is 0 Å². The summed E-state index contributed by atoms with van der Waals surface area (Å²) in [5.74, 6) is 1.48. The molecule has 2 heterocycles. The standard InChI is InChI=1S/C19H25N7O2/c1-13(27)22-14-5-7-15(8-6-14)23-17-12-16(24-19(20)25-17)21-9-3-11-26-10-2-4-18(26)28/h5-8,12H,2-4,9-11H2,1H3,(H,22,27)(H4,20,21,23,24,25). The van der Waals surface area contributed by atoms with Crippen LogP contribution in [0.1, 0.15) is 26.2 Å². The highest BCUT2D eigenvalue weighted by Crippen LogP contribution is 2.20. The van der Waals surface area contributed by atoms with E-state index in [0.29, 0.717) is 24.6 Å². The van der Waals surface area contributed by atoms with Crippen LogP contribution in [0.2, 0.25) is 0 Å². The van der Waals surface area contributed by atoms with Crippen molar-refractivity contribution < 1.29 is 9.59 Å². The Kier molecular flexibility index (Phi) is 6.25. The molecule has 5 N–H and O–H groups in total. The molecule has 148 valence electrons. The van der Waals surface area contributed by atoms with Gasteiger partial charge in [0.2, 0.25) is 17.8 Å². The average molecular weight is 383 g/mol. The van der Waals surface area contributed by atoms with Gasteiger partial charge in [-0.25, -0.2) is 0 Å². The Balaban J connectivity index is 1.53. The molecular formula is C19H25N7O2. The molecule has 0 spiro atoms. The quantitative estimate of drug-likeness (QED) is 0.515. The first-order chi connectivity index (χ1) is 13.5. The first kappa shape index (κ1) is 19.4. The third-order valence-corrected chi connectivity index (χ3v) is 4.30. The number of rotatable bonds is 8. The normalized spacial score (nSPS) is 13.5. The zero-order valence-corrected chi connectivity index (χ0v) is 15.9. The predicted octanol–water partition coefficient (Wildman–Crippen LogP) is 2.19. The maximum atomic E-state index is 11.6. The molecule has 0 atom stereocenters. The van der Waals surface area contributed by atoms with Gasteiger partial charge in [0.05, 0.1) is 0 Å². The molecule has 0 aliphatic carbocycles. The summed E-state index contributed by atoms with van der Waals surface area (Å²) in [6.07, 6.45) is 2.45. The highest BCUT2D eigenvalue weighted by Gasteiger charge is 2.18. The molecule has 3 rings (SSSR count). The lowest BCUT2D eigenvalue weighted by atomic mass is 10.2. The number of nitrogens with two attached hydrogens (primary N) is 1. The maximum Gasteiger partial charge on any atom is 0.223 e. The van der Waals surface area contributed by atoms with E-state index in [2.05, 4.69) is 25.9 Å². The lowest BCUT2D eigenvalue weighted by molar-refractivity contribution is -0.127. The van der Waals surface area contributed by atoms with Crippen molar-refractivity contribution in [3.05, 3.63) is 30.3 Å². The number of amides is 2. The summed E-state index contributed by atoms with van der Waals surface area (Å²) in [7, 11) is 0. The van der Waals surface area contributed by atoms with Crippen molar-refractivity contribution in [1.82, 2.24) is 14.9 Å². The Morgan fingerprint density at radius 2 is 1.89 bits per heavy atom. The summed E-state index contributed by atoms with van der Waals surface area (Å²) in [4.78, 5) is 33.0. The molecule has 1 aromatic heterocycles. The van der Waals surface area contributed by atoms with Crippen LogP contribution >= 0.6 is 0 Å². The number of carbonyl (C=O) groups excluding carboxylic acids is 2. The Bertz CT molecular complexity index is 839. The van der Waals surface area contributed by atoms with Gasteiger partial charge >= 0.3 is 0 Å². The SMILES string of the molecule is CC(=O)Nc1ccc(Nc2cc(NCCCN3CCCC3=O)nc(N)n2)cc1. The number of nitrogen functional groups attached to an aromatic ring is 1. The van der Waals surface area contributed by atoms with Crippen LogP contribution in [0.15, 0.2) is 30.3 Å². The van der Waals surface area contributed by atoms with Gasteiger partial charge in [0, 0.05) is 50.4 Å². The van der Waals surface area contributed by atoms with Crippen LogP contribution in [-0.4, -0.2) is 46.3 Å². The number of aromatic nitrogens is 2. The Hall–Kier alpha value is -3.36. The zero-order chi connectivity index (χ0) is 19.9. The number of hydrogen-bond donors (Lipinski definition) is 4. The number of carbonyl (C=O) groups is 2. The monoisotopic (exact) mass is 383 g/mol. The summed E-state index contributed by atoms with van der Waals surface area (Å²) >= 11 is 0. The largest absolute Gasteiger partial charge is 0.370 e. The summed E-state index contributed by atoms with van der Waals surface area (Å²) in [5, 5.41) is 9.11. The number of anilines is 5. The molecule has 1 aromatic carbocycles. The predicted molar refractivity (Wildman–Crippen MR) is 109 cm³/mol. The van der Waals surface area contributed by atoms with Crippen molar-refractivity contribution in [2.45, 2.75) is 26.2 Å². The highest BCUT2D eigenvalue weighted by molar-refractivity contribution is 5.88. The molecule has 28 heavy (non-hydrogen) atoms. The third-order valence-electron chi connectivity index (χ3n) is 4.30. The van der Waals surface area contributed by atoms with Gasteiger partial charge in [-0.1, -0.05) is 0 Å². The smallest absolute Gasteiger partial charge is 0.223 e. The minimum absolute atomic E-state index is 0.117. The van der Waals surface area contributed by atoms with Crippen LogP contribution < -0.4 is 21.7 Å². The Labute approximate surface area is 163 Å². The van der Waals surface area contributed by atoms with Crippen molar-refractivity contribution in [3.8, 4) is 0 Å². The van der Waals surface area contributed by atoms with Crippen molar-refractivity contribution in [2.75, 3.05) is 41.3 Å². The molecule has 2 amide bonds. The van der Waals surface area contributed by atoms with Gasteiger partial charge in [-0.05, 0) is 37.1 Å². The lowest BCUT2D eigenvalue weighted by Gasteiger charge is -2.15. The summed E-state index contributed by atoms with van der Waals surface area (Å²) < 4.78 is 0. The van der Waals surface area contributed by atoms with Crippen LogP contribution in [0.5, 0.6) is 0 Å². The molecule has 1 saturated heterocycles. The minimum atomic E-state index is -0.117.